The topological polar surface area (TPSA) is 97.6 Å². The van der Waals surface area contributed by atoms with Crippen molar-refractivity contribution in [2.45, 2.75) is 19.8 Å². The maximum atomic E-state index is 12.8. The summed E-state index contributed by atoms with van der Waals surface area (Å²) < 4.78 is 2.58. The predicted octanol–water partition coefficient (Wildman–Crippen LogP) is 2.33. The van der Waals surface area contributed by atoms with E-state index in [-0.39, 0.29) is 11.6 Å². The molecule has 1 aromatic heterocycles. The molecule has 2 aliphatic rings. The molecule has 0 radical (unpaired) electrons. The number of nitrogens with zero attached hydrogens (tertiary/aromatic N) is 4. The number of amides is 1. The van der Waals surface area contributed by atoms with Gasteiger partial charge in [0.1, 0.15) is 11.3 Å². The third-order valence-electron chi connectivity index (χ3n) is 4.47. The lowest BCUT2D eigenvalue weighted by Gasteiger charge is -2.06. The molecule has 2 aliphatic heterocycles. The highest BCUT2D eigenvalue weighted by atomic mass is 16.2. The van der Waals surface area contributed by atoms with Gasteiger partial charge in [0.15, 0.2) is 0 Å². The third kappa shape index (κ3) is 2.30. The molecule has 1 amide bonds. The highest BCUT2D eigenvalue weighted by Gasteiger charge is 2.22. The molecule has 0 spiro atoms. The van der Waals surface area contributed by atoms with Gasteiger partial charge in [-0.15, -0.1) is 0 Å². The number of fused-ring (bicyclic) bond motifs is 3. The predicted molar refractivity (Wildman–Crippen MR) is 98.0 cm³/mol. The fourth-order valence-electron chi connectivity index (χ4n) is 2.98. The highest BCUT2D eigenvalue weighted by molar-refractivity contribution is 5.95. The minimum Gasteiger partial charge on any atom is -0.345 e. The summed E-state index contributed by atoms with van der Waals surface area (Å²) in [5.74, 6) is 0.414. The number of H-pyrrole nitrogens is 1. The lowest BCUT2D eigenvalue weighted by molar-refractivity contribution is 0.242. The van der Waals surface area contributed by atoms with E-state index in [1.54, 1.807) is 6.20 Å². The lowest BCUT2D eigenvalue weighted by Crippen LogP contribution is -2.25. The van der Waals surface area contributed by atoms with E-state index < -0.39 is 0 Å². The van der Waals surface area contributed by atoms with E-state index in [4.69, 9.17) is 0 Å². The van der Waals surface area contributed by atoms with Gasteiger partial charge in [0.2, 0.25) is 0 Å². The van der Waals surface area contributed by atoms with Crippen LogP contribution in [-0.4, -0.2) is 37.6 Å². The fourth-order valence-corrected chi connectivity index (χ4v) is 2.98. The first-order valence-electron chi connectivity index (χ1n) is 8.32. The van der Waals surface area contributed by atoms with Gasteiger partial charge in [-0.2, -0.15) is 19.6 Å². The van der Waals surface area contributed by atoms with Crippen molar-refractivity contribution in [2.75, 3.05) is 7.05 Å². The Bertz CT molecular complexity index is 1130. The first kappa shape index (κ1) is 16.1. The molecule has 0 saturated carbocycles. The number of carbonyl (C=O) groups is 1. The fraction of sp³-hybridized carbons (Fsp3) is 0.222. The Morgan fingerprint density at radius 3 is 2.62 bits per heavy atom. The second-order valence-electron chi connectivity index (χ2n) is 6.39. The minimum absolute atomic E-state index is 0.219. The number of carbonyl (C=O) groups excluding carboxylic acids is 1. The molecular weight excluding hydrogens is 332 g/mol. The molecule has 4 rings (SSSR count). The van der Waals surface area contributed by atoms with Gasteiger partial charge in [-0.3, -0.25) is 4.79 Å². The summed E-state index contributed by atoms with van der Waals surface area (Å²) in [7, 11) is 1.53. The van der Waals surface area contributed by atoms with Gasteiger partial charge in [-0.1, -0.05) is 26.0 Å². The third-order valence-corrected chi connectivity index (χ3v) is 4.47. The molecule has 132 valence electrons. The van der Waals surface area contributed by atoms with Gasteiger partial charge in [-0.25, -0.2) is 4.79 Å². The Kier molecular flexibility index (Phi) is 3.61. The van der Waals surface area contributed by atoms with Crippen molar-refractivity contribution in [1.29, 1.82) is 0 Å². The summed E-state index contributed by atoms with van der Waals surface area (Å²) >= 11 is 0. The largest absolute Gasteiger partial charge is 0.345 e. The van der Waals surface area contributed by atoms with Gasteiger partial charge < -0.3 is 10.3 Å². The van der Waals surface area contributed by atoms with E-state index in [1.807, 2.05) is 24.3 Å². The zero-order valence-corrected chi connectivity index (χ0v) is 14.6. The molecule has 2 N–H and O–H groups in total. The van der Waals surface area contributed by atoms with Gasteiger partial charge in [0.05, 0.1) is 22.8 Å². The van der Waals surface area contributed by atoms with Crippen LogP contribution < -0.4 is 10.9 Å². The van der Waals surface area contributed by atoms with E-state index in [0.29, 0.717) is 33.9 Å². The molecule has 3 heterocycles. The quantitative estimate of drug-likeness (QED) is 0.580. The number of aromatic nitrogens is 5. The zero-order chi connectivity index (χ0) is 18.4. The molecule has 8 nitrogen and oxygen atoms in total. The van der Waals surface area contributed by atoms with Crippen LogP contribution >= 0.6 is 0 Å². The smallest absolute Gasteiger partial charge is 0.343 e. The number of hydrogen-bond donors (Lipinski definition) is 2. The summed E-state index contributed by atoms with van der Waals surface area (Å²) in [4.78, 5) is 27.6. The van der Waals surface area contributed by atoms with Gasteiger partial charge in [-0.05, 0) is 23.6 Å². The number of benzene rings is 1. The van der Waals surface area contributed by atoms with E-state index in [0.717, 1.165) is 0 Å². The van der Waals surface area contributed by atoms with Crippen molar-refractivity contribution in [2.24, 2.45) is 0 Å². The molecule has 8 heteroatoms. The number of aromatic amines is 1. The monoisotopic (exact) mass is 350 g/mol. The van der Waals surface area contributed by atoms with Gasteiger partial charge in [0.25, 0.3) is 5.56 Å². The van der Waals surface area contributed by atoms with E-state index in [2.05, 4.69) is 34.3 Å². The molecule has 0 atom stereocenters. The van der Waals surface area contributed by atoms with Crippen molar-refractivity contribution < 1.29 is 4.79 Å². The van der Waals surface area contributed by atoms with Crippen molar-refractivity contribution >= 4 is 17.1 Å². The van der Waals surface area contributed by atoms with Crippen molar-refractivity contribution in [3.05, 3.63) is 52.6 Å². The molecule has 0 bridgehead atoms. The minimum atomic E-state index is -0.373. The summed E-state index contributed by atoms with van der Waals surface area (Å²) in [6, 6.07) is 7.39. The average Bonchev–Trinajstić information content (AvgIpc) is 3.22. The summed E-state index contributed by atoms with van der Waals surface area (Å²) in [5.41, 5.74) is 3.11. The van der Waals surface area contributed by atoms with Crippen molar-refractivity contribution in [3.8, 4) is 16.9 Å². The second-order valence-corrected chi connectivity index (χ2v) is 6.39. The average molecular weight is 350 g/mol. The Labute approximate surface area is 148 Å². The second kappa shape index (κ2) is 5.83. The Hall–Kier alpha value is -3.42. The van der Waals surface area contributed by atoms with Crippen molar-refractivity contribution in [3.63, 3.8) is 0 Å². The number of pyridine rings is 1. The maximum Gasteiger partial charge on any atom is 0.343 e. The lowest BCUT2D eigenvalue weighted by atomic mass is 10.0. The Morgan fingerprint density at radius 2 is 1.96 bits per heavy atom. The molecule has 0 fully saturated rings. The highest BCUT2D eigenvalue weighted by Crippen LogP contribution is 2.26. The van der Waals surface area contributed by atoms with E-state index in [1.165, 1.54) is 28.2 Å². The van der Waals surface area contributed by atoms with E-state index >= 15 is 0 Å². The van der Waals surface area contributed by atoms with Crippen LogP contribution in [-0.2, 0) is 0 Å². The molecular formula is C18H18N6O2. The Morgan fingerprint density at radius 1 is 1.23 bits per heavy atom. The normalized spacial score (nSPS) is 11.5. The summed E-state index contributed by atoms with van der Waals surface area (Å²) in [6.45, 7) is 4.24. The van der Waals surface area contributed by atoms with Gasteiger partial charge in [0, 0.05) is 13.2 Å². The van der Waals surface area contributed by atoms with Crippen LogP contribution in [0, 0.1) is 0 Å². The van der Waals surface area contributed by atoms with Crippen LogP contribution in [0.25, 0.3) is 28.0 Å². The van der Waals surface area contributed by atoms with Crippen LogP contribution in [0.5, 0.6) is 0 Å². The number of nitrogens with one attached hydrogen (secondary N) is 2. The van der Waals surface area contributed by atoms with Gasteiger partial charge >= 0.3 is 6.03 Å². The first-order valence-corrected chi connectivity index (χ1v) is 8.32. The molecule has 2 aromatic rings. The van der Waals surface area contributed by atoms with Crippen molar-refractivity contribution in [1.82, 2.24) is 29.9 Å². The van der Waals surface area contributed by atoms with Crippen LogP contribution in [0.2, 0.25) is 0 Å². The first-order chi connectivity index (χ1) is 12.5. The summed E-state index contributed by atoms with van der Waals surface area (Å²) in [6.07, 6.45) is 3.09. The number of hydrogen-bond acceptors (Lipinski definition) is 4. The number of rotatable bonds is 2. The molecule has 26 heavy (non-hydrogen) atoms. The standard InChI is InChI=1S/C18H18N6O2/c1-10(2)11-4-6-12(7-5-11)23-17(25)14-8-20-16-13(15(14)22-23)9-21-24(16)18(26)19-3/h4-10,20H,1-3H3,(H,19,26). The summed E-state index contributed by atoms with van der Waals surface area (Å²) in [5, 5.41) is 11.7. The van der Waals surface area contributed by atoms with Crippen LogP contribution in [0.1, 0.15) is 25.3 Å². The molecule has 0 unspecified atom stereocenters. The SMILES string of the molecule is CNC(=O)n1ncc2c3nn(-c4ccc(C(C)C)cc4)c(=O)c-3c[nH]c21. The Balaban J connectivity index is 1.90. The molecule has 0 saturated heterocycles. The van der Waals surface area contributed by atoms with E-state index in [9.17, 15) is 9.59 Å². The van der Waals surface area contributed by atoms with Crippen LogP contribution in [0.15, 0.2) is 41.5 Å². The van der Waals surface area contributed by atoms with Crippen LogP contribution in [0.4, 0.5) is 4.79 Å². The zero-order valence-electron chi connectivity index (χ0n) is 14.6. The molecule has 1 aromatic carbocycles. The maximum absolute atomic E-state index is 12.8. The van der Waals surface area contributed by atoms with Crippen LogP contribution in [0.3, 0.4) is 0 Å². The molecule has 0 aliphatic carbocycles.